The number of likely N-dealkylation sites (tertiary alicyclic amines) is 1. The van der Waals surface area contributed by atoms with E-state index in [1.807, 2.05) is 12.1 Å². The van der Waals surface area contributed by atoms with Crippen LogP contribution >= 0.6 is 11.3 Å². The van der Waals surface area contributed by atoms with Gasteiger partial charge in [0.15, 0.2) is 5.75 Å². The van der Waals surface area contributed by atoms with E-state index in [4.69, 9.17) is 9.47 Å². The first-order valence-electron chi connectivity index (χ1n) is 12.2. The normalized spacial score (nSPS) is 14.7. The molecule has 6 rings (SSSR count). The molecule has 1 saturated heterocycles. The second kappa shape index (κ2) is 10.1. The van der Waals surface area contributed by atoms with Crippen LogP contribution in [-0.2, 0) is 6.18 Å². The van der Waals surface area contributed by atoms with Crippen molar-refractivity contribution in [1.82, 2.24) is 15.1 Å². The SMILES string of the molecule is FCC1CN(CCOc2ccc(Oc3c(-c4ccc(C(F)(F)F)cc4F)sc4c3ccc3[nH]ncc34)cc2)C1. The summed E-state index contributed by atoms with van der Waals surface area (Å²) in [6, 6.07) is 13.1. The van der Waals surface area contributed by atoms with Crippen LogP contribution in [0.25, 0.3) is 31.4 Å². The van der Waals surface area contributed by atoms with Gasteiger partial charge in [0.25, 0.3) is 0 Å². The molecule has 0 saturated carbocycles. The number of ether oxygens (including phenoxy) is 2. The number of hydrogen-bond donors (Lipinski definition) is 1. The van der Waals surface area contributed by atoms with Gasteiger partial charge in [-0.3, -0.25) is 14.4 Å². The number of halogens is 5. The number of nitrogens with zero attached hydrogens (tertiary/aromatic N) is 2. The number of benzene rings is 3. The molecule has 1 aliphatic heterocycles. The van der Waals surface area contributed by atoms with Crippen molar-refractivity contribution < 1.29 is 31.4 Å². The monoisotopic (exact) mass is 559 g/mol. The topological polar surface area (TPSA) is 50.4 Å². The fourth-order valence-electron chi connectivity index (χ4n) is 4.68. The summed E-state index contributed by atoms with van der Waals surface area (Å²) in [5.74, 6) is 0.560. The Morgan fingerprint density at radius 3 is 2.49 bits per heavy atom. The molecule has 3 aromatic carbocycles. The molecule has 2 aromatic heterocycles. The molecule has 0 spiro atoms. The number of nitrogens with one attached hydrogen (secondary N) is 1. The number of aromatic amines is 1. The van der Waals surface area contributed by atoms with Crippen molar-refractivity contribution in [1.29, 1.82) is 0 Å². The maximum Gasteiger partial charge on any atom is 0.416 e. The van der Waals surface area contributed by atoms with Gasteiger partial charge in [0, 0.05) is 46.6 Å². The third kappa shape index (κ3) is 5.04. The summed E-state index contributed by atoms with van der Waals surface area (Å²) in [5, 5.41) is 8.45. The Labute approximate surface area is 223 Å². The van der Waals surface area contributed by atoms with Gasteiger partial charge in [-0.1, -0.05) is 0 Å². The molecule has 1 fully saturated rings. The van der Waals surface area contributed by atoms with Crippen LogP contribution in [-0.4, -0.2) is 48.0 Å². The van der Waals surface area contributed by atoms with E-state index in [9.17, 15) is 17.6 Å². The molecule has 0 amide bonds. The molecule has 202 valence electrons. The summed E-state index contributed by atoms with van der Waals surface area (Å²) in [6.07, 6.45) is -3.01. The third-order valence-corrected chi connectivity index (χ3v) is 8.00. The van der Waals surface area contributed by atoms with Crippen LogP contribution < -0.4 is 9.47 Å². The molecule has 3 heterocycles. The van der Waals surface area contributed by atoms with Gasteiger partial charge >= 0.3 is 6.18 Å². The largest absolute Gasteiger partial charge is 0.492 e. The molecule has 1 N–H and O–H groups in total. The fourth-order valence-corrected chi connectivity index (χ4v) is 5.94. The van der Waals surface area contributed by atoms with E-state index in [1.165, 1.54) is 11.3 Å². The van der Waals surface area contributed by atoms with E-state index >= 15 is 4.39 Å². The van der Waals surface area contributed by atoms with Crippen LogP contribution in [0, 0.1) is 11.7 Å². The van der Waals surface area contributed by atoms with Gasteiger partial charge in [0.1, 0.15) is 23.9 Å². The highest BCUT2D eigenvalue weighted by Gasteiger charge is 2.32. The summed E-state index contributed by atoms with van der Waals surface area (Å²) in [5.41, 5.74) is -0.275. The maximum atomic E-state index is 15.1. The standard InChI is InChI=1S/C28H22F5N3O2S/c29-12-16-14-36(15-16)9-10-37-18-2-4-19(5-3-18)38-25-21-7-8-24-22(13-34-35-24)26(21)39-27(25)20-6-1-17(11-23(20)30)28(31,32)33/h1-8,11,13,16H,9-10,12,14-15H2,(H,34,35). The lowest BCUT2D eigenvalue weighted by Crippen LogP contribution is -2.49. The van der Waals surface area contributed by atoms with E-state index < -0.39 is 17.6 Å². The van der Waals surface area contributed by atoms with E-state index in [2.05, 4.69) is 15.1 Å². The number of thiophene rings is 1. The third-order valence-electron chi connectivity index (χ3n) is 6.74. The lowest BCUT2D eigenvalue weighted by molar-refractivity contribution is -0.137. The minimum Gasteiger partial charge on any atom is -0.492 e. The average Bonchev–Trinajstić information content (AvgIpc) is 3.50. The van der Waals surface area contributed by atoms with Gasteiger partial charge < -0.3 is 9.47 Å². The van der Waals surface area contributed by atoms with Crippen LogP contribution in [0.4, 0.5) is 22.0 Å². The lowest BCUT2D eigenvalue weighted by atomic mass is 10.0. The van der Waals surface area contributed by atoms with Gasteiger partial charge in [-0.25, -0.2) is 4.39 Å². The van der Waals surface area contributed by atoms with Crippen molar-refractivity contribution in [2.75, 3.05) is 32.9 Å². The van der Waals surface area contributed by atoms with Gasteiger partial charge in [-0.05, 0) is 54.6 Å². The van der Waals surface area contributed by atoms with E-state index in [0.29, 0.717) is 46.7 Å². The predicted octanol–water partition coefficient (Wildman–Crippen LogP) is 7.67. The molecule has 5 aromatic rings. The van der Waals surface area contributed by atoms with Crippen molar-refractivity contribution in [2.45, 2.75) is 6.18 Å². The molecule has 0 radical (unpaired) electrons. The van der Waals surface area contributed by atoms with E-state index in [1.54, 1.807) is 30.5 Å². The first-order valence-corrected chi connectivity index (χ1v) is 13.1. The Morgan fingerprint density at radius 2 is 1.77 bits per heavy atom. The molecule has 5 nitrogen and oxygen atoms in total. The second-order valence-corrected chi connectivity index (χ2v) is 10.4. The van der Waals surface area contributed by atoms with Gasteiger partial charge in [0.05, 0.1) is 28.8 Å². The number of alkyl halides is 4. The molecule has 1 aliphatic rings. The molecule has 0 unspecified atom stereocenters. The summed E-state index contributed by atoms with van der Waals surface area (Å²) in [4.78, 5) is 2.49. The van der Waals surface area contributed by atoms with E-state index in [-0.39, 0.29) is 18.2 Å². The summed E-state index contributed by atoms with van der Waals surface area (Å²) < 4.78 is 79.9. The minimum atomic E-state index is -4.66. The first-order chi connectivity index (χ1) is 18.8. The Hall–Kier alpha value is -3.70. The van der Waals surface area contributed by atoms with Crippen molar-refractivity contribution in [3.8, 4) is 27.7 Å². The molecular weight excluding hydrogens is 537 g/mol. The maximum absolute atomic E-state index is 15.1. The smallest absolute Gasteiger partial charge is 0.416 e. The predicted molar refractivity (Wildman–Crippen MR) is 140 cm³/mol. The number of aromatic nitrogens is 2. The van der Waals surface area contributed by atoms with Crippen molar-refractivity contribution in [2.24, 2.45) is 5.92 Å². The molecule has 11 heteroatoms. The number of hydrogen-bond acceptors (Lipinski definition) is 5. The van der Waals surface area contributed by atoms with Crippen LogP contribution in [0.3, 0.4) is 0 Å². The van der Waals surface area contributed by atoms with Gasteiger partial charge in [-0.2, -0.15) is 18.3 Å². The Balaban J connectivity index is 1.29. The quantitative estimate of drug-likeness (QED) is 0.198. The number of H-pyrrole nitrogens is 1. The summed E-state index contributed by atoms with van der Waals surface area (Å²) >= 11 is 1.23. The number of fused-ring (bicyclic) bond motifs is 3. The van der Waals surface area contributed by atoms with Gasteiger partial charge in [0.2, 0.25) is 0 Å². The summed E-state index contributed by atoms with van der Waals surface area (Å²) in [7, 11) is 0. The highest BCUT2D eigenvalue weighted by Crippen LogP contribution is 2.49. The highest BCUT2D eigenvalue weighted by atomic mass is 32.1. The molecule has 0 bridgehead atoms. The first kappa shape index (κ1) is 25.6. The Kier molecular flexibility index (Phi) is 6.64. The van der Waals surface area contributed by atoms with Crippen LogP contribution in [0.2, 0.25) is 0 Å². The van der Waals surface area contributed by atoms with Crippen LogP contribution in [0.5, 0.6) is 17.2 Å². The molecular formula is C28H22F5N3O2S. The zero-order valence-electron chi connectivity index (χ0n) is 20.4. The zero-order valence-corrected chi connectivity index (χ0v) is 21.2. The molecule has 0 atom stereocenters. The van der Waals surface area contributed by atoms with Crippen molar-refractivity contribution >= 4 is 32.3 Å². The second-order valence-electron chi connectivity index (χ2n) is 9.43. The van der Waals surface area contributed by atoms with Crippen molar-refractivity contribution in [3.63, 3.8) is 0 Å². The highest BCUT2D eigenvalue weighted by molar-refractivity contribution is 7.23. The van der Waals surface area contributed by atoms with Gasteiger partial charge in [-0.15, -0.1) is 11.3 Å². The van der Waals surface area contributed by atoms with Crippen LogP contribution in [0.1, 0.15) is 5.56 Å². The fraction of sp³-hybridized carbons (Fsp3) is 0.250. The molecule has 0 aliphatic carbocycles. The Morgan fingerprint density at radius 1 is 1.00 bits per heavy atom. The lowest BCUT2D eigenvalue weighted by Gasteiger charge is -2.37. The minimum absolute atomic E-state index is 0.0109. The Bertz CT molecular complexity index is 1620. The van der Waals surface area contributed by atoms with Crippen LogP contribution in [0.15, 0.2) is 60.8 Å². The molecule has 39 heavy (non-hydrogen) atoms. The average molecular weight is 560 g/mol. The summed E-state index contributed by atoms with van der Waals surface area (Å²) in [6.45, 7) is 2.37. The van der Waals surface area contributed by atoms with E-state index in [0.717, 1.165) is 40.8 Å². The zero-order chi connectivity index (χ0) is 27.1. The number of rotatable bonds is 8. The van der Waals surface area contributed by atoms with Crippen molar-refractivity contribution in [3.05, 3.63) is 72.2 Å².